The van der Waals surface area contributed by atoms with E-state index in [1.165, 1.54) is 0 Å². The monoisotopic (exact) mass is 691 g/mol. The lowest BCUT2D eigenvalue weighted by atomic mass is 9.80. The van der Waals surface area contributed by atoms with E-state index in [9.17, 15) is 9.59 Å². The molecule has 1 saturated heterocycles. The van der Waals surface area contributed by atoms with Gasteiger partial charge in [-0.05, 0) is 93.1 Å². The first-order valence-electron chi connectivity index (χ1n) is 11.4. The normalized spacial score (nSPS) is 19.4. The van der Waals surface area contributed by atoms with Crippen LogP contribution in [0.3, 0.4) is 0 Å². The smallest absolute Gasteiger partial charge is 0.343 e. The fourth-order valence-corrected chi connectivity index (χ4v) is 5.61. The molecule has 3 aromatic carbocycles. The molecular weight excluding hydrogens is 668 g/mol. The Morgan fingerprint density at radius 3 is 2.09 bits per heavy atom. The third-order valence-electron chi connectivity index (χ3n) is 6.38. The SMILES string of the molecule is CCOC(=O)C1=C(C(c2ccc(I)cc2)c2ccc(I)cc2)[C@H]2CO[C@H](c3ccccc3)N2C1=O. The summed E-state index contributed by atoms with van der Waals surface area (Å²) in [5, 5.41) is 0. The molecule has 2 atom stereocenters. The lowest BCUT2D eigenvalue weighted by Gasteiger charge is -2.27. The summed E-state index contributed by atoms with van der Waals surface area (Å²) in [5.41, 5.74) is 3.79. The number of amides is 1. The molecule has 7 heteroatoms. The molecular formula is C28H23I2NO4. The highest BCUT2D eigenvalue weighted by molar-refractivity contribution is 14.1. The van der Waals surface area contributed by atoms with E-state index in [4.69, 9.17) is 9.47 Å². The van der Waals surface area contributed by atoms with E-state index in [2.05, 4.69) is 69.4 Å². The third-order valence-corrected chi connectivity index (χ3v) is 7.82. The van der Waals surface area contributed by atoms with E-state index in [1.54, 1.807) is 11.8 Å². The molecule has 0 saturated carbocycles. The number of ether oxygens (including phenoxy) is 2. The first-order valence-corrected chi connectivity index (χ1v) is 13.6. The van der Waals surface area contributed by atoms with Crippen molar-refractivity contribution in [3.63, 3.8) is 0 Å². The van der Waals surface area contributed by atoms with Crippen LogP contribution in [0, 0.1) is 7.14 Å². The van der Waals surface area contributed by atoms with Crippen molar-refractivity contribution in [2.24, 2.45) is 0 Å². The summed E-state index contributed by atoms with van der Waals surface area (Å²) in [7, 11) is 0. The number of carbonyl (C=O) groups excluding carboxylic acids is 2. The van der Waals surface area contributed by atoms with Crippen molar-refractivity contribution in [2.45, 2.75) is 25.1 Å². The summed E-state index contributed by atoms with van der Waals surface area (Å²) in [5.74, 6) is -1.20. The predicted molar refractivity (Wildman–Crippen MR) is 150 cm³/mol. The lowest BCUT2D eigenvalue weighted by Crippen LogP contribution is -2.34. The average molecular weight is 691 g/mol. The minimum absolute atomic E-state index is 0.128. The molecule has 1 fully saturated rings. The maximum atomic E-state index is 13.9. The van der Waals surface area contributed by atoms with Crippen molar-refractivity contribution in [2.75, 3.05) is 13.2 Å². The van der Waals surface area contributed by atoms with E-state index in [0.717, 1.165) is 29.4 Å². The number of fused-ring (bicyclic) bond motifs is 1. The zero-order chi connectivity index (χ0) is 24.5. The van der Waals surface area contributed by atoms with Crippen molar-refractivity contribution in [1.29, 1.82) is 0 Å². The van der Waals surface area contributed by atoms with Crippen LogP contribution in [0.25, 0.3) is 0 Å². The Labute approximate surface area is 231 Å². The van der Waals surface area contributed by atoms with Gasteiger partial charge in [-0.25, -0.2) is 4.79 Å². The second-order valence-corrected chi connectivity index (χ2v) is 10.9. The van der Waals surface area contributed by atoms with Crippen LogP contribution in [0.2, 0.25) is 0 Å². The fraction of sp³-hybridized carbons (Fsp3) is 0.214. The van der Waals surface area contributed by atoms with Crippen molar-refractivity contribution >= 4 is 57.1 Å². The highest BCUT2D eigenvalue weighted by atomic mass is 127. The van der Waals surface area contributed by atoms with Crippen LogP contribution in [-0.4, -0.2) is 36.0 Å². The molecule has 0 radical (unpaired) electrons. The van der Waals surface area contributed by atoms with Crippen molar-refractivity contribution in [1.82, 2.24) is 4.90 Å². The van der Waals surface area contributed by atoms with Crippen LogP contribution in [0.15, 0.2) is 90.0 Å². The Hall–Kier alpha value is -2.24. The summed E-state index contributed by atoms with van der Waals surface area (Å²) in [6, 6.07) is 25.8. The Kier molecular flexibility index (Phi) is 7.26. The van der Waals surface area contributed by atoms with E-state index in [-0.39, 0.29) is 30.0 Å². The standard InChI is InChI=1S/C28H23I2NO4/c1-2-34-28(33)25-24(22-16-35-27(31(22)26(25)32)19-6-4-3-5-7-19)23(17-8-12-20(29)13-9-17)18-10-14-21(30)15-11-18/h3-15,22-23,27H,2,16H2,1H3/t22-,27-/m1/s1. The molecule has 0 aliphatic carbocycles. The van der Waals surface area contributed by atoms with Crippen molar-refractivity contribution < 1.29 is 19.1 Å². The summed E-state index contributed by atoms with van der Waals surface area (Å²) < 4.78 is 13.8. The molecule has 2 aliphatic heterocycles. The molecule has 2 heterocycles. The van der Waals surface area contributed by atoms with Gasteiger partial charge < -0.3 is 9.47 Å². The Bertz CT molecular complexity index is 1230. The molecule has 0 bridgehead atoms. The molecule has 0 spiro atoms. The average Bonchev–Trinajstić information content (AvgIpc) is 3.42. The summed E-state index contributed by atoms with van der Waals surface area (Å²) >= 11 is 4.56. The molecule has 3 aromatic rings. The van der Waals surface area contributed by atoms with Crippen LogP contribution in [-0.2, 0) is 19.1 Å². The van der Waals surface area contributed by atoms with Gasteiger partial charge in [-0.2, -0.15) is 0 Å². The molecule has 5 rings (SSSR count). The maximum Gasteiger partial charge on any atom is 0.343 e. The minimum atomic E-state index is -0.574. The zero-order valence-corrected chi connectivity index (χ0v) is 23.3. The highest BCUT2D eigenvalue weighted by Crippen LogP contribution is 2.47. The van der Waals surface area contributed by atoms with Gasteiger partial charge in [0.05, 0.1) is 19.3 Å². The number of benzene rings is 3. The van der Waals surface area contributed by atoms with E-state index < -0.39 is 12.2 Å². The second kappa shape index (κ2) is 10.4. The molecule has 2 aliphatic rings. The molecule has 0 unspecified atom stereocenters. The van der Waals surface area contributed by atoms with Crippen LogP contribution in [0.1, 0.15) is 35.8 Å². The number of nitrogens with zero attached hydrogens (tertiary/aromatic N) is 1. The van der Waals surface area contributed by atoms with Crippen LogP contribution < -0.4 is 0 Å². The second-order valence-electron chi connectivity index (χ2n) is 8.41. The molecule has 35 heavy (non-hydrogen) atoms. The first kappa shape index (κ1) is 24.5. The van der Waals surface area contributed by atoms with Gasteiger partial charge in [0, 0.05) is 18.6 Å². The van der Waals surface area contributed by atoms with E-state index in [0.29, 0.717) is 6.61 Å². The fourth-order valence-electron chi connectivity index (χ4n) is 4.89. The molecule has 0 N–H and O–H groups in total. The van der Waals surface area contributed by atoms with Crippen molar-refractivity contribution in [3.8, 4) is 0 Å². The summed E-state index contributed by atoms with van der Waals surface area (Å²) in [6.45, 7) is 2.27. The van der Waals surface area contributed by atoms with Crippen LogP contribution >= 0.6 is 45.2 Å². The number of hydrogen-bond acceptors (Lipinski definition) is 4. The number of carbonyl (C=O) groups is 2. The number of esters is 1. The first-order chi connectivity index (χ1) is 17.0. The molecule has 5 nitrogen and oxygen atoms in total. The molecule has 178 valence electrons. The van der Waals surface area contributed by atoms with Gasteiger partial charge in [-0.1, -0.05) is 54.6 Å². The highest BCUT2D eigenvalue weighted by Gasteiger charge is 2.52. The van der Waals surface area contributed by atoms with Crippen LogP contribution in [0.4, 0.5) is 0 Å². The number of rotatable bonds is 6. The van der Waals surface area contributed by atoms with Gasteiger partial charge in [0.25, 0.3) is 5.91 Å². The Balaban J connectivity index is 1.68. The molecule has 1 amide bonds. The summed E-state index contributed by atoms with van der Waals surface area (Å²) in [4.78, 5) is 28.8. The third kappa shape index (κ3) is 4.65. The maximum absolute atomic E-state index is 13.9. The van der Waals surface area contributed by atoms with E-state index in [1.807, 2.05) is 54.6 Å². The van der Waals surface area contributed by atoms with Gasteiger partial charge in [-0.3, -0.25) is 9.69 Å². The largest absolute Gasteiger partial charge is 0.462 e. The lowest BCUT2D eigenvalue weighted by molar-refractivity contribution is -0.142. The van der Waals surface area contributed by atoms with Gasteiger partial charge >= 0.3 is 5.97 Å². The van der Waals surface area contributed by atoms with Gasteiger partial charge in [0.1, 0.15) is 5.57 Å². The van der Waals surface area contributed by atoms with Gasteiger partial charge in [0.2, 0.25) is 0 Å². The predicted octanol–water partition coefficient (Wildman–Crippen LogP) is 5.83. The topological polar surface area (TPSA) is 55.8 Å². The Morgan fingerprint density at radius 2 is 1.54 bits per heavy atom. The van der Waals surface area contributed by atoms with Gasteiger partial charge in [-0.15, -0.1) is 0 Å². The molecule has 0 aromatic heterocycles. The number of hydrogen-bond donors (Lipinski definition) is 0. The van der Waals surface area contributed by atoms with E-state index >= 15 is 0 Å². The van der Waals surface area contributed by atoms with Crippen LogP contribution in [0.5, 0.6) is 0 Å². The minimum Gasteiger partial charge on any atom is -0.462 e. The van der Waals surface area contributed by atoms with Gasteiger partial charge in [0.15, 0.2) is 6.23 Å². The Morgan fingerprint density at radius 1 is 0.971 bits per heavy atom. The van der Waals surface area contributed by atoms with Crippen molar-refractivity contribution in [3.05, 3.63) is 114 Å². The summed E-state index contributed by atoms with van der Waals surface area (Å²) in [6.07, 6.45) is -0.551. The number of halogens is 2. The zero-order valence-electron chi connectivity index (χ0n) is 19.0. The quantitative estimate of drug-likeness (QED) is 0.186.